The van der Waals surface area contributed by atoms with Gasteiger partial charge in [-0.05, 0) is 6.92 Å². The second kappa shape index (κ2) is 4.26. The third-order valence-corrected chi connectivity index (χ3v) is 2.06. The van der Waals surface area contributed by atoms with E-state index in [9.17, 15) is 5.11 Å². The number of nitriles is 1. The monoisotopic (exact) mass is 199 g/mol. The zero-order valence-electron chi connectivity index (χ0n) is 7.24. The van der Waals surface area contributed by atoms with E-state index >= 15 is 0 Å². The Hall–Kier alpha value is -1.05. The van der Waals surface area contributed by atoms with Gasteiger partial charge in [-0.25, -0.2) is 4.98 Å². The number of halogens is 1. The second-order valence-electron chi connectivity index (χ2n) is 2.58. The first-order valence-electron chi connectivity index (χ1n) is 3.96. The molecule has 1 atom stereocenters. The summed E-state index contributed by atoms with van der Waals surface area (Å²) < 4.78 is 1.73. The number of hydrogen-bond donors (Lipinski definition) is 1. The molecule has 1 rings (SSSR count). The molecule has 0 aromatic carbocycles. The SMILES string of the molecule is CCn1cnc(Cl)c1C(O)CC#N. The van der Waals surface area contributed by atoms with Crippen molar-refractivity contribution in [1.29, 1.82) is 5.26 Å². The molecule has 0 aliphatic heterocycles. The minimum Gasteiger partial charge on any atom is -0.386 e. The van der Waals surface area contributed by atoms with E-state index in [0.717, 1.165) is 0 Å². The van der Waals surface area contributed by atoms with Crippen LogP contribution in [0.3, 0.4) is 0 Å². The lowest BCUT2D eigenvalue weighted by atomic mass is 10.2. The van der Waals surface area contributed by atoms with Gasteiger partial charge in [0.2, 0.25) is 0 Å². The second-order valence-corrected chi connectivity index (χ2v) is 2.94. The molecule has 1 N–H and O–H groups in total. The average molecular weight is 200 g/mol. The zero-order valence-corrected chi connectivity index (χ0v) is 7.99. The van der Waals surface area contributed by atoms with Crippen LogP contribution in [0.4, 0.5) is 0 Å². The van der Waals surface area contributed by atoms with E-state index in [1.165, 1.54) is 0 Å². The minimum atomic E-state index is -0.847. The van der Waals surface area contributed by atoms with Crippen molar-refractivity contribution < 1.29 is 5.11 Å². The average Bonchev–Trinajstić information content (AvgIpc) is 2.47. The number of nitrogens with zero attached hydrogens (tertiary/aromatic N) is 3. The topological polar surface area (TPSA) is 61.8 Å². The molecule has 5 heteroatoms. The van der Waals surface area contributed by atoms with Crippen molar-refractivity contribution in [2.45, 2.75) is 26.0 Å². The fourth-order valence-electron chi connectivity index (χ4n) is 1.13. The number of hydrogen-bond acceptors (Lipinski definition) is 3. The summed E-state index contributed by atoms with van der Waals surface area (Å²) in [6.07, 6.45) is 0.740. The number of aromatic nitrogens is 2. The number of rotatable bonds is 3. The molecule has 0 bridgehead atoms. The Morgan fingerprint density at radius 2 is 2.54 bits per heavy atom. The fraction of sp³-hybridized carbons (Fsp3) is 0.500. The van der Waals surface area contributed by atoms with Crippen LogP contribution in [-0.4, -0.2) is 14.7 Å². The van der Waals surface area contributed by atoms with Gasteiger partial charge in [-0.15, -0.1) is 0 Å². The Balaban J connectivity index is 2.97. The molecular formula is C8H10ClN3O. The lowest BCUT2D eigenvalue weighted by Gasteiger charge is -2.09. The molecule has 0 saturated carbocycles. The molecule has 0 radical (unpaired) electrons. The first-order chi connectivity index (χ1) is 6.20. The van der Waals surface area contributed by atoms with Crippen molar-refractivity contribution in [2.75, 3.05) is 0 Å². The number of aliphatic hydroxyl groups excluding tert-OH is 1. The maximum atomic E-state index is 9.53. The molecule has 0 fully saturated rings. The minimum absolute atomic E-state index is 0.0331. The molecule has 1 heterocycles. The summed E-state index contributed by atoms with van der Waals surface area (Å²) in [5.74, 6) is 0. The van der Waals surface area contributed by atoms with Crippen LogP contribution in [0.15, 0.2) is 6.33 Å². The number of aryl methyl sites for hydroxylation is 1. The normalized spacial score (nSPS) is 12.5. The highest BCUT2D eigenvalue weighted by atomic mass is 35.5. The first-order valence-corrected chi connectivity index (χ1v) is 4.34. The fourth-order valence-corrected chi connectivity index (χ4v) is 1.41. The van der Waals surface area contributed by atoms with Crippen LogP contribution in [0, 0.1) is 11.3 Å². The van der Waals surface area contributed by atoms with Crippen LogP contribution in [-0.2, 0) is 6.54 Å². The van der Waals surface area contributed by atoms with E-state index in [2.05, 4.69) is 4.98 Å². The van der Waals surface area contributed by atoms with Gasteiger partial charge in [0.05, 0.1) is 24.5 Å². The van der Waals surface area contributed by atoms with Crippen molar-refractivity contribution >= 4 is 11.6 Å². The van der Waals surface area contributed by atoms with Crippen molar-refractivity contribution in [3.63, 3.8) is 0 Å². The van der Waals surface area contributed by atoms with E-state index in [4.69, 9.17) is 16.9 Å². The predicted molar refractivity (Wildman–Crippen MR) is 48.1 cm³/mol. The number of aliphatic hydroxyl groups is 1. The van der Waals surface area contributed by atoms with Crippen molar-refractivity contribution in [1.82, 2.24) is 9.55 Å². The van der Waals surface area contributed by atoms with Crippen LogP contribution < -0.4 is 0 Å². The molecule has 1 aromatic heterocycles. The van der Waals surface area contributed by atoms with Crippen molar-refractivity contribution in [3.05, 3.63) is 17.2 Å². The Kier molecular flexibility index (Phi) is 3.29. The molecule has 70 valence electrons. The van der Waals surface area contributed by atoms with Gasteiger partial charge in [0.1, 0.15) is 6.10 Å². The third kappa shape index (κ3) is 2.00. The van der Waals surface area contributed by atoms with E-state index in [1.54, 1.807) is 10.9 Å². The smallest absolute Gasteiger partial charge is 0.152 e. The molecule has 1 aromatic rings. The highest BCUT2D eigenvalue weighted by molar-refractivity contribution is 6.30. The zero-order chi connectivity index (χ0) is 9.84. The lowest BCUT2D eigenvalue weighted by molar-refractivity contribution is 0.174. The summed E-state index contributed by atoms with van der Waals surface area (Å²) in [4.78, 5) is 3.85. The molecule has 0 spiro atoms. The van der Waals surface area contributed by atoms with Gasteiger partial charge in [0.15, 0.2) is 5.15 Å². The third-order valence-electron chi connectivity index (χ3n) is 1.77. The molecule has 0 aliphatic carbocycles. The van der Waals surface area contributed by atoms with Gasteiger partial charge in [-0.2, -0.15) is 5.26 Å². The van der Waals surface area contributed by atoms with Crippen LogP contribution in [0.25, 0.3) is 0 Å². The van der Waals surface area contributed by atoms with Gasteiger partial charge in [-0.3, -0.25) is 0 Å². The van der Waals surface area contributed by atoms with Gasteiger partial charge < -0.3 is 9.67 Å². The molecular weight excluding hydrogens is 190 g/mol. The van der Waals surface area contributed by atoms with Crippen molar-refractivity contribution in [3.8, 4) is 6.07 Å². The first kappa shape index (κ1) is 10.0. The molecule has 0 amide bonds. The van der Waals surface area contributed by atoms with E-state index in [1.807, 2.05) is 13.0 Å². The van der Waals surface area contributed by atoms with Gasteiger partial charge in [-0.1, -0.05) is 11.6 Å². The Bertz CT molecular complexity index is 329. The summed E-state index contributed by atoms with van der Waals surface area (Å²) in [7, 11) is 0. The highest BCUT2D eigenvalue weighted by Gasteiger charge is 2.16. The number of imidazole rings is 1. The standard InChI is InChI=1S/C8H10ClN3O/c1-2-12-5-11-8(9)7(12)6(13)3-4-10/h5-6,13H,2-3H2,1H3. The summed E-state index contributed by atoms with van der Waals surface area (Å²) in [5.41, 5.74) is 0.519. The van der Waals surface area contributed by atoms with Crippen LogP contribution in [0.2, 0.25) is 5.15 Å². The van der Waals surface area contributed by atoms with Crippen molar-refractivity contribution in [2.24, 2.45) is 0 Å². The summed E-state index contributed by atoms with van der Waals surface area (Å²) in [6, 6.07) is 1.88. The van der Waals surface area contributed by atoms with E-state index in [-0.39, 0.29) is 11.6 Å². The molecule has 0 saturated heterocycles. The lowest BCUT2D eigenvalue weighted by Crippen LogP contribution is -2.05. The van der Waals surface area contributed by atoms with Crippen LogP contribution in [0.1, 0.15) is 25.1 Å². The predicted octanol–water partition coefficient (Wildman–Crippen LogP) is 1.50. The summed E-state index contributed by atoms with van der Waals surface area (Å²) >= 11 is 5.75. The maximum Gasteiger partial charge on any atom is 0.152 e. The Morgan fingerprint density at radius 1 is 1.85 bits per heavy atom. The molecule has 4 nitrogen and oxygen atoms in total. The van der Waals surface area contributed by atoms with Gasteiger partial charge in [0.25, 0.3) is 0 Å². The Labute approximate surface area is 81.4 Å². The summed E-state index contributed by atoms with van der Waals surface area (Å²) in [6.45, 7) is 2.60. The Morgan fingerprint density at radius 3 is 3.08 bits per heavy atom. The van der Waals surface area contributed by atoms with Crippen LogP contribution >= 0.6 is 11.6 Å². The van der Waals surface area contributed by atoms with E-state index < -0.39 is 6.10 Å². The van der Waals surface area contributed by atoms with Crippen LogP contribution in [0.5, 0.6) is 0 Å². The largest absolute Gasteiger partial charge is 0.386 e. The maximum absolute atomic E-state index is 9.53. The summed E-state index contributed by atoms with van der Waals surface area (Å²) in [5, 5.41) is 18.2. The van der Waals surface area contributed by atoms with Gasteiger partial charge in [0, 0.05) is 6.54 Å². The molecule has 13 heavy (non-hydrogen) atoms. The quantitative estimate of drug-likeness (QED) is 0.803. The highest BCUT2D eigenvalue weighted by Crippen LogP contribution is 2.23. The van der Waals surface area contributed by atoms with Gasteiger partial charge >= 0.3 is 0 Å². The van der Waals surface area contributed by atoms with E-state index in [0.29, 0.717) is 12.2 Å². The molecule has 1 unspecified atom stereocenters. The molecule has 0 aliphatic rings.